The van der Waals surface area contributed by atoms with Gasteiger partial charge in [0.25, 0.3) is 0 Å². The second-order valence-corrected chi connectivity index (χ2v) is 4.36. The van der Waals surface area contributed by atoms with E-state index in [-0.39, 0.29) is 17.4 Å². The lowest BCUT2D eigenvalue weighted by molar-refractivity contribution is -0.143. The van der Waals surface area contributed by atoms with Gasteiger partial charge in [-0.15, -0.1) is 0 Å². The Morgan fingerprint density at radius 1 is 1.53 bits per heavy atom. The quantitative estimate of drug-likeness (QED) is 0.482. The van der Waals surface area contributed by atoms with Crippen molar-refractivity contribution < 1.29 is 9.53 Å². The Bertz CT molecular complexity index is 381. The van der Waals surface area contributed by atoms with Crippen LogP contribution < -0.4 is 0 Å². The molecule has 0 aliphatic carbocycles. The van der Waals surface area contributed by atoms with Crippen LogP contribution in [-0.4, -0.2) is 10.8 Å². The van der Waals surface area contributed by atoms with Crippen molar-refractivity contribution in [3.8, 4) is 0 Å². The number of nitrogens with zero attached hydrogens (tertiary/aromatic N) is 2. The summed E-state index contributed by atoms with van der Waals surface area (Å²) in [7, 11) is 0. The molecule has 0 aliphatic heterocycles. The summed E-state index contributed by atoms with van der Waals surface area (Å²) in [5.74, 6) is -0.300. The molecular weight excluding hydrogens is 260 g/mol. The average molecular weight is 270 g/mol. The summed E-state index contributed by atoms with van der Waals surface area (Å²) in [5.41, 5.74) is 1.32. The molecule has 0 saturated heterocycles. The van der Waals surface area contributed by atoms with Gasteiger partial charge in [-0.25, -0.2) is 0 Å². The van der Waals surface area contributed by atoms with Crippen LogP contribution >= 0.6 is 15.9 Å². The number of carbonyl (C=O) groups excluding carboxylic acids is 1. The standard InChI is InChI=1S/C10H10BrN2O2/c1-7(11)10(14)15-6-8-2-4-9(13-12)5-3-8/h2-5,7H,6H2,1H3/q+1. The van der Waals surface area contributed by atoms with Crippen molar-refractivity contribution in [2.75, 3.05) is 0 Å². The Hall–Kier alpha value is -1.41. The summed E-state index contributed by atoms with van der Waals surface area (Å²) in [4.78, 5) is 13.8. The van der Waals surface area contributed by atoms with Crippen LogP contribution in [0.15, 0.2) is 24.3 Å². The number of benzene rings is 1. The first-order chi connectivity index (χ1) is 7.13. The summed E-state index contributed by atoms with van der Waals surface area (Å²) in [6.07, 6.45) is 0. The maximum absolute atomic E-state index is 11.1. The molecule has 15 heavy (non-hydrogen) atoms. The van der Waals surface area contributed by atoms with Gasteiger partial charge in [0.1, 0.15) is 11.4 Å². The minimum Gasteiger partial charge on any atom is -0.460 e. The molecule has 1 rings (SSSR count). The van der Waals surface area contributed by atoms with E-state index in [1.807, 2.05) is 0 Å². The predicted octanol–water partition coefficient (Wildman–Crippen LogP) is 3.00. The number of ether oxygens (including phenoxy) is 1. The minimum absolute atomic E-state index is 0.223. The highest BCUT2D eigenvalue weighted by atomic mass is 79.9. The Morgan fingerprint density at radius 2 is 2.13 bits per heavy atom. The molecular formula is C10H10BrN2O2+. The molecule has 0 N–H and O–H groups in total. The van der Waals surface area contributed by atoms with Crippen molar-refractivity contribution in [3.63, 3.8) is 0 Å². The highest BCUT2D eigenvalue weighted by molar-refractivity contribution is 9.10. The first-order valence-electron chi connectivity index (χ1n) is 4.38. The van der Waals surface area contributed by atoms with E-state index < -0.39 is 0 Å². The molecule has 0 heterocycles. The zero-order chi connectivity index (χ0) is 11.3. The predicted molar refractivity (Wildman–Crippen MR) is 59.4 cm³/mol. The molecule has 0 aromatic heterocycles. The molecule has 1 aromatic carbocycles. The van der Waals surface area contributed by atoms with E-state index in [4.69, 9.17) is 10.1 Å². The fourth-order valence-electron chi connectivity index (χ4n) is 0.928. The zero-order valence-corrected chi connectivity index (χ0v) is 9.77. The summed E-state index contributed by atoms with van der Waals surface area (Å²) in [6.45, 7) is 1.93. The fraction of sp³-hybridized carbons (Fsp3) is 0.300. The molecule has 1 aromatic rings. The average Bonchev–Trinajstić information content (AvgIpc) is 2.26. The topological polar surface area (TPSA) is 54.5 Å². The van der Waals surface area contributed by atoms with Gasteiger partial charge in [0.05, 0.1) is 0 Å². The first-order valence-corrected chi connectivity index (χ1v) is 5.30. The smallest absolute Gasteiger partial charge is 0.385 e. The van der Waals surface area contributed by atoms with E-state index in [0.29, 0.717) is 5.69 Å². The van der Waals surface area contributed by atoms with E-state index in [1.165, 1.54) is 0 Å². The van der Waals surface area contributed by atoms with Gasteiger partial charge in [-0.1, -0.05) is 15.9 Å². The molecule has 0 bridgehead atoms. The third-order valence-electron chi connectivity index (χ3n) is 1.76. The highest BCUT2D eigenvalue weighted by Crippen LogP contribution is 2.13. The Morgan fingerprint density at radius 3 is 2.60 bits per heavy atom. The SMILES string of the molecule is CC(Br)C(=O)OCc1ccc([N+]#N)cc1. The molecule has 0 aliphatic rings. The Kier molecular flexibility index (Phi) is 4.25. The van der Waals surface area contributed by atoms with Gasteiger partial charge in [0.2, 0.25) is 5.39 Å². The van der Waals surface area contributed by atoms with E-state index in [0.717, 1.165) is 5.56 Å². The number of alkyl halides is 1. The van der Waals surface area contributed by atoms with Gasteiger partial charge in [-0.05, 0) is 24.6 Å². The molecule has 4 nitrogen and oxygen atoms in total. The summed E-state index contributed by atoms with van der Waals surface area (Å²) in [5, 5.41) is 8.45. The molecule has 0 fully saturated rings. The summed E-state index contributed by atoms with van der Waals surface area (Å²) >= 11 is 3.11. The maximum Gasteiger partial charge on any atom is 0.385 e. The third-order valence-corrected chi connectivity index (χ3v) is 2.13. The van der Waals surface area contributed by atoms with Gasteiger partial charge in [0.15, 0.2) is 4.98 Å². The number of esters is 1. The highest BCUT2D eigenvalue weighted by Gasteiger charge is 2.10. The van der Waals surface area contributed by atoms with Crippen LogP contribution in [0.25, 0.3) is 4.98 Å². The Balaban J connectivity index is 2.52. The van der Waals surface area contributed by atoms with Crippen molar-refractivity contribution in [1.82, 2.24) is 0 Å². The number of hydrogen-bond acceptors (Lipinski definition) is 3. The van der Waals surface area contributed by atoms with Crippen LogP contribution in [-0.2, 0) is 16.1 Å². The number of hydrogen-bond donors (Lipinski definition) is 0. The summed E-state index contributed by atoms with van der Waals surface area (Å²) in [6, 6.07) is 6.75. The van der Waals surface area contributed by atoms with Crippen LogP contribution in [0.2, 0.25) is 0 Å². The maximum atomic E-state index is 11.1. The van der Waals surface area contributed by atoms with E-state index >= 15 is 0 Å². The van der Waals surface area contributed by atoms with Gasteiger partial charge in [-0.2, -0.15) is 0 Å². The van der Waals surface area contributed by atoms with E-state index in [2.05, 4.69) is 20.9 Å². The number of halogens is 1. The zero-order valence-electron chi connectivity index (χ0n) is 8.18. The largest absolute Gasteiger partial charge is 0.460 e. The number of rotatable bonds is 3. The van der Waals surface area contributed by atoms with Crippen LogP contribution in [0, 0.1) is 5.39 Å². The molecule has 5 heteroatoms. The van der Waals surface area contributed by atoms with Gasteiger partial charge >= 0.3 is 11.7 Å². The van der Waals surface area contributed by atoms with Gasteiger partial charge in [0, 0.05) is 12.1 Å². The summed E-state index contributed by atoms with van der Waals surface area (Å²) < 4.78 is 4.98. The van der Waals surface area contributed by atoms with E-state index in [1.54, 1.807) is 31.2 Å². The van der Waals surface area contributed by atoms with Crippen molar-refractivity contribution >= 4 is 27.6 Å². The van der Waals surface area contributed by atoms with Crippen molar-refractivity contribution in [2.24, 2.45) is 0 Å². The monoisotopic (exact) mass is 269 g/mol. The molecule has 78 valence electrons. The molecule has 0 radical (unpaired) electrons. The van der Waals surface area contributed by atoms with Crippen molar-refractivity contribution in [1.29, 1.82) is 5.39 Å². The van der Waals surface area contributed by atoms with Crippen LogP contribution in [0.3, 0.4) is 0 Å². The van der Waals surface area contributed by atoms with Crippen LogP contribution in [0.4, 0.5) is 5.69 Å². The minimum atomic E-state index is -0.302. The molecule has 1 atom stereocenters. The van der Waals surface area contributed by atoms with Crippen LogP contribution in [0.1, 0.15) is 12.5 Å². The third kappa shape index (κ3) is 3.68. The van der Waals surface area contributed by atoms with Crippen molar-refractivity contribution in [3.05, 3.63) is 34.8 Å². The fourth-order valence-corrected chi connectivity index (χ4v) is 1.06. The molecule has 1 unspecified atom stereocenters. The lowest BCUT2D eigenvalue weighted by atomic mass is 10.2. The van der Waals surface area contributed by atoms with Gasteiger partial charge < -0.3 is 4.74 Å². The molecule has 0 saturated carbocycles. The van der Waals surface area contributed by atoms with Crippen LogP contribution in [0.5, 0.6) is 0 Å². The number of diazo groups is 1. The second kappa shape index (κ2) is 5.47. The normalized spacial score (nSPS) is 11.5. The molecule has 0 amide bonds. The second-order valence-electron chi connectivity index (χ2n) is 2.99. The Labute approximate surface area is 96.0 Å². The van der Waals surface area contributed by atoms with E-state index in [9.17, 15) is 4.79 Å². The first kappa shape index (κ1) is 11.7. The molecule has 0 spiro atoms. The lowest BCUT2D eigenvalue weighted by Gasteiger charge is -2.05. The lowest BCUT2D eigenvalue weighted by Crippen LogP contribution is -2.13. The van der Waals surface area contributed by atoms with Gasteiger partial charge in [-0.3, -0.25) is 4.79 Å². The van der Waals surface area contributed by atoms with Crippen molar-refractivity contribution in [2.45, 2.75) is 18.4 Å². The number of carbonyl (C=O) groups is 1.